The molecule has 1 saturated carbocycles. The first-order chi connectivity index (χ1) is 13.2. The summed E-state index contributed by atoms with van der Waals surface area (Å²) in [5.74, 6) is 0. The van der Waals surface area contributed by atoms with Gasteiger partial charge in [-0.3, -0.25) is 0 Å². The molecule has 146 valence electrons. The maximum atomic E-state index is 13.0. The maximum Gasteiger partial charge on any atom is 0.416 e. The van der Waals surface area contributed by atoms with E-state index >= 15 is 0 Å². The van der Waals surface area contributed by atoms with Gasteiger partial charge >= 0.3 is 12.3 Å². The summed E-state index contributed by atoms with van der Waals surface area (Å²) in [6.45, 7) is 0. The highest BCUT2D eigenvalue weighted by molar-refractivity contribution is 5.81. The largest absolute Gasteiger partial charge is 0.465 e. The zero-order valence-corrected chi connectivity index (χ0v) is 14.8. The molecule has 7 heteroatoms. The Morgan fingerprint density at radius 2 is 1.79 bits per heavy atom. The number of rotatable bonds is 3. The molecule has 0 bridgehead atoms. The van der Waals surface area contributed by atoms with Crippen molar-refractivity contribution in [1.29, 1.82) is 0 Å². The monoisotopic (exact) mass is 389 g/mol. The number of carboxylic acid groups (broad SMARTS) is 1. The summed E-state index contributed by atoms with van der Waals surface area (Å²) in [6.07, 6.45) is -2.18. The highest BCUT2D eigenvalue weighted by atomic mass is 19.4. The molecule has 2 aromatic rings. The van der Waals surface area contributed by atoms with Gasteiger partial charge in [0.05, 0.1) is 5.56 Å². The molecule has 2 aromatic carbocycles. The molecule has 2 N–H and O–H groups in total. The third-order valence-corrected chi connectivity index (χ3v) is 6.10. The van der Waals surface area contributed by atoms with Gasteiger partial charge in [0.15, 0.2) is 6.29 Å². The van der Waals surface area contributed by atoms with Crippen LogP contribution in [0.2, 0.25) is 0 Å². The molecule has 1 fully saturated rings. The highest BCUT2D eigenvalue weighted by Gasteiger charge is 2.63. The van der Waals surface area contributed by atoms with E-state index in [9.17, 15) is 27.9 Å². The molecule has 4 nitrogen and oxygen atoms in total. The molecule has 0 saturated heterocycles. The molecule has 0 aromatic heterocycles. The van der Waals surface area contributed by atoms with Crippen LogP contribution in [0.4, 0.5) is 18.0 Å². The third kappa shape index (κ3) is 2.77. The van der Waals surface area contributed by atoms with Crippen LogP contribution in [-0.4, -0.2) is 17.5 Å². The van der Waals surface area contributed by atoms with Crippen molar-refractivity contribution < 1.29 is 27.9 Å². The van der Waals surface area contributed by atoms with E-state index in [2.05, 4.69) is 5.32 Å². The number of benzene rings is 2. The normalized spacial score (nSPS) is 22.4. The number of hydrogen-bond donors (Lipinski definition) is 2. The van der Waals surface area contributed by atoms with Crippen molar-refractivity contribution in [2.45, 2.75) is 37.4 Å². The number of hydrogen-bond acceptors (Lipinski definition) is 2. The Bertz CT molecular complexity index is 966. The average molecular weight is 389 g/mol. The molecule has 2 aliphatic carbocycles. The molecule has 0 radical (unpaired) electrons. The predicted octanol–water partition coefficient (Wildman–Crippen LogP) is 4.76. The van der Waals surface area contributed by atoms with E-state index in [0.717, 1.165) is 30.5 Å². The van der Waals surface area contributed by atoms with Gasteiger partial charge in [-0.1, -0.05) is 30.3 Å². The fraction of sp³-hybridized carbons (Fsp3) is 0.333. The van der Waals surface area contributed by atoms with Crippen LogP contribution < -0.4 is 5.32 Å². The number of amides is 1. The van der Waals surface area contributed by atoms with Gasteiger partial charge in [-0.25, -0.2) is 4.79 Å². The lowest BCUT2D eigenvalue weighted by molar-refractivity contribution is -0.137. The number of carbonyl (C=O) groups is 2. The Morgan fingerprint density at radius 1 is 1.07 bits per heavy atom. The molecule has 28 heavy (non-hydrogen) atoms. The number of carbonyl (C=O) groups excluding carboxylic acids is 1. The van der Waals surface area contributed by atoms with Crippen LogP contribution in [0.1, 0.15) is 36.0 Å². The van der Waals surface area contributed by atoms with Crippen molar-refractivity contribution in [2.24, 2.45) is 5.41 Å². The van der Waals surface area contributed by atoms with Gasteiger partial charge in [-0.05, 0) is 60.1 Å². The topological polar surface area (TPSA) is 66.4 Å². The molecular formula is C21H18F3NO3. The second-order valence-corrected chi connectivity index (χ2v) is 7.59. The number of aryl methyl sites for hydroxylation is 1. The van der Waals surface area contributed by atoms with Gasteiger partial charge in [0.2, 0.25) is 0 Å². The summed E-state index contributed by atoms with van der Waals surface area (Å²) < 4.78 is 39.0. The zero-order chi connectivity index (χ0) is 20.2. The van der Waals surface area contributed by atoms with Crippen LogP contribution in [0.25, 0.3) is 11.1 Å². The first-order valence-corrected chi connectivity index (χ1v) is 8.99. The van der Waals surface area contributed by atoms with Crippen molar-refractivity contribution in [1.82, 2.24) is 5.32 Å². The minimum atomic E-state index is -4.43. The Labute approximate surface area is 159 Å². The van der Waals surface area contributed by atoms with Gasteiger partial charge in [0, 0.05) is 5.41 Å². The quantitative estimate of drug-likeness (QED) is 0.744. The fourth-order valence-electron chi connectivity index (χ4n) is 4.48. The number of fused-ring (bicyclic) bond motifs is 1. The molecule has 1 unspecified atom stereocenters. The Morgan fingerprint density at radius 3 is 2.39 bits per heavy atom. The molecule has 1 amide bonds. The minimum absolute atomic E-state index is 0.405. The van der Waals surface area contributed by atoms with E-state index in [0.29, 0.717) is 35.8 Å². The second-order valence-electron chi connectivity index (χ2n) is 7.59. The molecule has 4 rings (SSSR count). The van der Waals surface area contributed by atoms with Gasteiger partial charge in [0.25, 0.3) is 0 Å². The summed E-state index contributed by atoms with van der Waals surface area (Å²) >= 11 is 0. The summed E-state index contributed by atoms with van der Waals surface area (Å²) in [7, 11) is 0. The molecule has 0 aliphatic heterocycles. The van der Waals surface area contributed by atoms with E-state index < -0.39 is 28.8 Å². The van der Waals surface area contributed by atoms with Crippen LogP contribution in [-0.2, 0) is 22.9 Å². The van der Waals surface area contributed by atoms with Gasteiger partial charge in [-0.15, -0.1) is 0 Å². The third-order valence-electron chi connectivity index (χ3n) is 6.10. The average Bonchev–Trinajstić information content (AvgIpc) is 3.44. The van der Waals surface area contributed by atoms with Crippen LogP contribution >= 0.6 is 0 Å². The van der Waals surface area contributed by atoms with E-state index in [1.807, 2.05) is 0 Å². The van der Waals surface area contributed by atoms with Crippen molar-refractivity contribution in [3.05, 3.63) is 59.2 Å². The van der Waals surface area contributed by atoms with Crippen LogP contribution in [0.5, 0.6) is 0 Å². The lowest BCUT2D eigenvalue weighted by Crippen LogP contribution is -2.55. The van der Waals surface area contributed by atoms with Crippen molar-refractivity contribution >= 4 is 12.4 Å². The molecule has 1 atom stereocenters. The lowest BCUT2D eigenvalue weighted by Gasteiger charge is -2.42. The highest BCUT2D eigenvalue weighted by Crippen LogP contribution is 2.63. The summed E-state index contributed by atoms with van der Waals surface area (Å²) in [5, 5.41) is 11.8. The van der Waals surface area contributed by atoms with Crippen LogP contribution in [0, 0.1) is 5.41 Å². The molecule has 2 aliphatic rings. The first kappa shape index (κ1) is 18.5. The molecular weight excluding hydrogens is 371 g/mol. The zero-order valence-electron chi connectivity index (χ0n) is 14.8. The lowest BCUT2D eigenvalue weighted by atomic mass is 9.67. The van der Waals surface area contributed by atoms with E-state index in [1.54, 1.807) is 24.3 Å². The minimum Gasteiger partial charge on any atom is -0.465 e. The van der Waals surface area contributed by atoms with Gasteiger partial charge in [0.1, 0.15) is 5.54 Å². The van der Waals surface area contributed by atoms with Gasteiger partial charge in [-0.2, -0.15) is 13.2 Å². The van der Waals surface area contributed by atoms with Gasteiger partial charge < -0.3 is 15.2 Å². The molecule has 1 spiro atoms. The number of nitrogens with one attached hydrogen (secondary N) is 1. The second kappa shape index (κ2) is 6.09. The number of aldehydes is 1. The van der Waals surface area contributed by atoms with E-state index in [4.69, 9.17) is 0 Å². The number of alkyl halides is 3. The Balaban J connectivity index is 1.80. The van der Waals surface area contributed by atoms with Crippen molar-refractivity contribution in [3.63, 3.8) is 0 Å². The van der Waals surface area contributed by atoms with Crippen LogP contribution in [0.15, 0.2) is 42.5 Å². The Hall–Kier alpha value is -2.83. The van der Waals surface area contributed by atoms with Crippen molar-refractivity contribution in [2.75, 3.05) is 0 Å². The van der Waals surface area contributed by atoms with E-state index in [1.165, 1.54) is 6.07 Å². The summed E-state index contributed by atoms with van der Waals surface area (Å²) in [6, 6.07) is 10.2. The molecule has 0 heterocycles. The fourth-order valence-corrected chi connectivity index (χ4v) is 4.48. The first-order valence-electron chi connectivity index (χ1n) is 8.99. The van der Waals surface area contributed by atoms with E-state index in [-0.39, 0.29) is 0 Å². The van der Waals surface area contributed by atoms with Crippen LogP contribution in [0.3, 0.4) is 0 Å². The summed E-state index contributed by atoms with van der Waals surface area (Å²) in [4.78, 5) is 23.5. The maximum absolute atomic E-state index is 13.0. The smallest absolute Gasteiger partial charge is 0.416 e. The predicted molar refractivity (Wildman–Crippen MR) is 95.8 cm³/mol. The summed E-state index contributed by atoms with van der Waals surface area (Å²) in [5.41, 5.74) is -0.0255. The van der Waals surface area contributed by atoms with Crippen molar-refractivity contribution in [3.8, 4) is 11.1 Å². The SMILES string of the molecule is O=CC1(NC(=O)O)c2ccc(-c3cccc(C(F)(F)F)c3)cc2CCC12CC2. The Kier molecular flexibility index (Phi) is 4.03. The number of halogens is 3. The standard InChI is InChI=1S/C21H18F3NO3/c22-21(23,24)16-3-1-2-13(11-16)14-4-5-17-15(10-14)6-7-19(8-9-19)20(17,12-26)25-18(27)28/h1-5,10-12,25H,6-9H2,(H,27,28).